The molecule has 6 nitrogen and oxygen atoms in total. The second-order valence-corrected chi connectivity index (χ2v) is 3.68. The highest BCUT2D eigenvalue weighted by molar-refractivity contribution is 5.77. The molecule has 1 rings (SSSR count). The van der Waals surface area contributed by atoms with Crippen LogP contribution in [0, 0.1) is 17.0 Å². The van der Waals surface area contributed by atoms with Gasteiger partial charge in [-0.1, -0.05) is 6.07 Å². The standard InChI is InChI=1S/C11H14N2O4/c1-8-4-5-9(10(6-8)13(15)16)12(2)7-11(14)17-3/h4-6H,7H2,1-3H3. The van der Waals surface area contributed by atoms with E-state index in [-0.39, 0.29) is 12.2 Å². The Morgan fingerprint density at radius 2 is 2.18 bits per heavy atom. The fourth-order valence-corrected chi connectivity index (χ4v) is 1.45. The number of hydrogen-bond donors (Lipinski definition) is 0. The van der Waals surface area contributed by atoms with Crippen LogP contribution in [0.4, 0.5) is 11.4 Å². The van der Waals surface area contributed by atoms with E-state index in [1.54, 1.807) is 26.1 Å². The quantitative estimate of drug-likeness (QED) is 0.451. The van der Waals surface area contributed by atoms with Crippen LogP contribution in [0.25, 0.3) is 0 Å². The number of carbonyl (C=O) groups is 1. The first-order valence-corrected chi connectivity index (χ1v) is 4.98. The van der Waals surface area contributed by atoms with Crippen molar-refractivity contribution in [1.29, 1.82) is 0 Å². The van der Waals surface area contributed by atoms with E-state index in [1.807, 2.05) is 0 Å². The van der Waals surface area contributed by atoms with E-state index in [1.165, 1.54) is 18.1 Å². The van der Waals surface area contributed by atoms with Gasteiger partial charge in [0.05, 0.1) is 12.0 Å². The number of anilines is 1. The molecule has 0 N–H and O–H groups in total. The summed E-state index contributed by atoms with van der Waals surface area (Å²) in [5, 5.41) is 10.9. The van der Waals surface area contributed by atoms with Crippen LogP contribution in [-0.2, 0) is 9.53 Å². The number of carbonyl (C=O) groups excluding carboxylic acids is 1. The summed E-state index contributed by atoms with van der Waals surface area (Å²) in [7, 11) is 2.88. The van der Waals surface area contributed by atoms with E-state index in [2.05, 4.69) is 4.74 Å². The van der Waals surface area contributed by atoms with E-state index in [9.17, 15) is 14.9 Å². The average molecular weight is 238 g/mol. The van der Waals surface area contributed by atoms with Crippen molar-refractivity contribution in [2.45, 2.75) is 6.92 Å². The van der Waals surface area contributed by atoms with Gasteiger partial charge in [-0.15, -0.1) is 0 Å². The highest BCUT2D eigenvalue weighted by atomic mass is 16.6. The summed E-state index contributed by atoms with van der Waals surface area (Å²) in [6.45, 7) is 1.75. The maximum absolute atomic E-state index is 11.1. The van der Waals surface area contributed by atoms with Crippen LogP contribution in [0.5, 0.6) is 0 Å². The van der Waals surface area contributed by atoms with E-state index in [0.717, 1.165) is 5.56 Å². The SMILES string of the molecule is COC(=O)CN(C)c1ccc(C)cc1[N+](=O)[O-]. The first kappa shape index (κ1) is 13.0. The Morgan fingerprint density at radius 1 is 1.53 bits per heavy atom. The zero-order valence-electron chi connectivity index (χ0n) is 9.97. The Hall–Kier alpha value is -2.11. The lowest BCUT2D eigenvalue weighted by Gasteiger charge is -2.17. The third kappa shape index (κ3) is 3.17. The number of methoxy groups -OCH3 is 1. The number of benzene rings is 1. The molecule has 0 radical (unpaired) electrons. The normalized spacial score (nSPS) is 9.82. The molecule has 0 spiro atoms. The van der Waals surface area contributed by atoms with Crippen molar-refractivity contribution in [3.05, 3.63) is 33.9 Å². The molecular formula is C11H14N2O4. The highest BCUT2D eigenvalue weighted by Crippen LogP contribution is 2.28. The lowest BCUT2D eigenvalue weighted by atomic mass is 10.2. The number of likely N-dealkylation sites (N-methyl/N-ethyl adjacent to an activating group) is 1. The van der Waals surface area contributed by atoms with Crippen LogP contribution < -0.4 is 4.90 Å². The first-order valence-electron chi connectivity index (χ1n) is 4.98. The topological polar surface area (TPSA) is 72.7 Å². The van der Waals surface area contributed by atoms with Crippen LogP contribution in [0.3, 0.4) is 0 Å². The molecule has 0 saturated heterocycles. The maximum Gasteiger partial charge on any atom is 0.325 e. The van der Waals surface area contributed by atoms with Crippen LogP contribution in [0.15, 0.2) is 18.2 Å². The first-order chi connectivity index (χ1) is 7.95. The zero-order valence-corrected chi connectivity index (χ0v) is 9.97. The monoisotopic (exact) mass is 238 g/mol. The molecular weight excluding hydrogens is 224 g/mol. The van der Waals surface area contributed by atoms with E-state index >= 15 is 0 Å². The Balaban J connectivity index is 3.04. The molecule has 0 heterocycles. The van der Waals surface area contributed by atoms with Gasteiger partial charge in [-0.2, -0.15) is 0 Å². The van der Waals surface area contributed by atoms with Gasteiger partial charge in [-0.3, -0.25) is 14.9 Å². The third-order valence-electron chi connectivity index (χ3n) is 2.33. The number of rotatable bonds is 4. The van der Waals surface area contributed by atoms with Gasteiger partial charge < -0.3 is 9.64 Å². The summed E-state index contributed by atoms with van der Waals surface area (Å²) >= 11 is 0. The van der Waals surface area contributed by atoms with Crippen molar-refractivity contribution < 1.29 is 14.5 Å². The van der Waals surface area contributed by atoms with Gasteiger partial charge in [0.25, 0.3) is 5.69 Å². The molecule has 0 atom stereocenters. The van der Waals surface area contributed by atoms with E-state index in [4.69, 9.17) is 0 Å². The summed E-state index contributed by atoms with van der Waals surface area (Å²) in [6, 6.07) is 4.86. The molecule has 92 valence electrons. The van der Waals surface area contributed by atoms with Crippen molar-refractivity contribution in [3.63, 3.8) is 0 Å². The van der Waals surface area contributed by atoms with Gasteiger partial charge in [-0.25, -0.2) is 0 Å². The van der Waals surface area contributed by atoms with Crippen LogP contribution in [-0.4, -0.2) is 31.6 Å². The highest BCUT2D eigenvalue weighted by Gasteiger charge is 2.18. The largest absolute Gasteiger partial charge is 0.468 e. The van der Waals surface area contributed by atoms with Gasteiger partial charge in [0.1, 0.15) is 12.2 Å². The van der Waals surface area contributed by atoms with Gasteiger partial charge >= 0.3 is 5.97 Å². The molecule has 0 unspecified atom stereocenters. The Morgan fingerprint density at radius 3 is 2.71 bits per heavy atom. The van der Waals surface area contributed by atoms with Crippen LogP contribution in [0.1, 0.15) is 5.56 Å². The summed E-state index contributed by atoms with van der Waals surface area (Å²) in [5.41, 5.74) is 1.18. The second kappa shape index (κ2) is 5.29. The molecule has 0 aromatic heterocycles. The van der Waals surface area contributed by atoms with Crippen molar-refractivity contribution in [3.8, 4) is 0 Å². The van der Waals surface area contributed by atoms with Crippen LogP contribution >= 0.6 is 0 Å². The number of nitro benzene ring substituents is 1. The Labute approximate surface area is 98.9 Å². The van der Waals surface area contributed by atoms with Gasteiger partial charge in [0.15, 0.2) is 0 Å². The number of esters is 1. The Bertz CT molecular complexity index is 445. The van der Waals surface area contributed by atoms with Crippen molar-refractivity contribution in [2.24, 2.45) is 0 Å². The molecule has 0 bridgehead atoms. The molecule has 17 heavy (non-hydrogen) atoms. The third-order valence-corrected chi connectivity index (χ3v) is 2.33. The fourth-order valence-electron chi connectivity index (χ4n) is 1.45. The molecule has 0 aliphatic carbocycles. The molecule has 1 aromatic carbocycles. The maximum atomic E-state index is 11.1. The van der Waals surface area contributed by atoms with Gasteiger partial charge in [-0.05, 0) is 18.6 Å². The molecule has 6 heteroatoms. The molecule has 1 aromatic rings. The molecule has 0 amide bonds. The van der Waals surface area contributed by atoms with Crippen LogP contribution in [0.2, 0.25) is 0 Å². The van der Waals surface area contributed by atoms with Gasteiger partial charge in [0, 0.05) is 13.1 Å². The number of hydrogen-bond acceptors (Lipinski definition) is 5. The minimum Gasteiger partial charge on any atom is -0.468 e. The number of nitrogens with zero attached hydrogens (tertiary/aromatic N) is 2. The summed E-state index contributed by atoms with van der Waals surface area (Å²) in [6.07, 6.45) is 0. The van der Waals surface area contributed by atoms with E-state index < -0.39 is 10.9 Å². The second-order valence-electron chi connectivity index (χ2n) is 3.68. The minimum absolute atomic E-state index is 0.0172. The zero-order chi connectivity index (χ0) is 13.0. The predicted octanol–water partition coefficient (Wildman–Crippen LogP) is 1.51. The fraction of sp³-hybridized carbons (Fsp3) is 0.364. The van der Waals surface area contributed by atoms with Gasteiger partial charge in [0.2, 0.25) is 0 Å². The predicted molar refractivity (Wildman–Crippen MR) is 63.1 cm³/mol. The number of ether oxygens (including phenoxy) is 1. The van der Waals surface area contributed by atoms with Crippen molar-refractivity contribution in [2.75, 3.05) is 25.6 Å². The molecule has 0 aliphatic rings. The van der Waals surface area contributed by atoms with E-state index in [0.29, 0.717) is 5.69 Å². The summed E-state index contributed by atoms with van der Waals surface area (Å²) < 4.78 is 4.52. The Kier molecular flexibility index (Phi) is 4.03. The molecule has 0 fully saturated rings. The number of aryl methyl sites for hydroxylation is 1. The summed E-state index contributed by atoms with van der Waals surface area (Å²) in [5.74, 6) is -0.442. The van der Waals surface area contributed by atoms with Crippen molar-refractivity contribution >= 4 is 17.3 Å². The lowest BCUT2D eigenvalue weighted by Crippen LogP contribution is -2.26. The minimum atomic E-state index is -0.462. The smallest absolute Gasteiger partial charge is 0.325 e. The molecule has 0 saturated carbocycles. The number of nitro groups is 1. The van der Waals surface area contributed by atoms with Crippen molar-refractivity contribution in [1.82, 2.24) is 0 Å². The lowest BCUT2D eigenvalue weighted by molar-refractivity contribution is -0.384. The molecule has 0 aliphatic heterocycles. The summed E-state index contributed by atoms with van der Waals surface area (Å²) in [4.78, 5) is 23.0. The average Bonchev–Trinajstić information content (AvgIpc) is 2.28.